The average Bonchev–Trinajstić information content (AvgIpc) is 2.81. The third-order valence-corrected chi connectivity index (χ3v) is 5.89. The predicted octanol–water partition coefficient (Wildman–Crippen LogP) is 2.17. The zero-order chi connectivity index (χ0) is 15.6. The highest BCUT2D eigenvalue weighted by atomic mass is 32.2. The summed E-state index contributed by atoms with van der Waals surface area (Å²) < 4.78 is 24.0. The van der Waals surface area contributed by atoms with Crippen LogP contribution in [0.1, 0.15) is 26.7 Å². The second-order valence-electron chi connectivity index (χ2n) is 5.56. The van der Waals surface area contributed by atoms with Crippen LogP contribution in [0.2, 0.25) is 0 Å². The van der Waals surface area contributed by atoms with Crippen molar-refractivity contribution in [1.29, 1.82) is 0 Å². The molecule has 5 nitrogen and oxygen atoms in total. The molecule has 116 valence electrons. The number of carbonyl (C=O) groups is 1. The topological polar surface area (TPSA) is 74.7 Å². The fourth-order valence-corrected chi connectivity index (χ4v) is 4.17. The fourth-order valence-electron chi connectivity index (χ4n) is 2.84. The fraction of sp³-hybridized carbons (Fsp3) is 0.533. The van der Waals surface area contributed by atoms with Crippen LogP contribution in [0.3, 0.4) is 0 Å². The van der Waals surface area contributed by atoms with Crippen molar-refractivity contribution in [2.75, 3.05) is 17.2 Å². The van der Waals surface area contributed by atoms with Crippen molar-refractivity contribution in [2.45, 2.75) is 37.6 Å². The SMILES string of the molecule is CCCS(=O)(=O)c1ccc(N2CCC(C)C2C(=O)O)cc1. The van der Waals surface area contributed by atoms with Crippen LogP contribution in [0, 0.1) is 5.92 Å². The summed E-state index contributed by atoms with van der Waals surface area (Å²) >= 11 is 0. The molecule has 0 spiro atoms. The number of carboxylic acids is 1. The lowest BCUT2D eigenvalue weighted by Crippen LogP contribution is -2.39. The molecule has 2 unspecified atom stereocenters. The van der Waals surface area contributed by atoms with Crippen molar-refractivity contribution >= 4 is 21.5 Å². The van der Waals surface area contributed by atoms with Gasteiger partial charge in [0.25, 0.3) is 0 Å². The van der Waals surface area contributed by atoms with E-state index in [0.29, 0.717) is 17.9 Å². The summed E-state index contributed by atoms with van der Waals surface area (Å²) in [5, 5.41) is 9.33. The van der Waals surface area contributed by atoms with E-state index in [9.17, 15) is 18.3 Å². The molecule has 6 heteroatoms. The highest BCUT2D eigenvalue weighted by Crippen LogP contribution is 2.30. The summed E-state index contributed by atoms with van der Waals surface area (Å²) in [4.78, 5) is 13.5. The van der Waals surface area contributed by atoms with E-state index in [2.05, 4.69) is 0 Å². The van der Waals surface area contributed by atoms with Gasteiger partial charge in [-0.25, -0.2) is 13.2 Å². The van der Waals surface area contributed by atoms with Crippen LogP contribution >= 0.6 is 0 Å². The Morgan fingerprint density at radius 2 is 1.95 bits per heavy atom. The van der Waals surface area contributed by atoms with Crippen LogP contribution in [0.25, 0.3) is 0 Å². The zero-order valence-corrected chi connectivity index (χ0v) is 13.1. The first-order valence-corrected chi connectivity index (χ1v) is 8.84. The van der Waals surface area contributed by atoms with Crippen molar-refractivity contribution in [3.05, 3.63) is 24.3 Å². The molecule has 21 heavy (non-hydrogen) atoms. The molecule has 1 heterocycles. The van der Waals surface area contributed by atoms with Gasteiger partial charge in [-0.2, -0.15) is 0 Å². The van der Waals surface area contributed by atoms with E-state index >= 15 is 0 Å². The Kier molecular flexibility index (Phi) is 4.56. The second kappa shape index (κ2) is 6.05. The summed E-state index contributed by atoms with van der Waals surface area (Å²) in [7, 11) is -3.23. The number of aliphatic carboxylic acids is 1. The molecule has 0 aliphatic carbocycles. The van der Waals surface area contributed by atoms with E-state index in [1.54, 1.807) is 24.3 Å². The van der Waals surface area contributed by atoms with Crippen LogP contribution in [0.4, 0.5) is 5.69 Å². The van der Waals surface area contributed by atoms with E-state index in [0.717, 1.165) is 12.1 Å². The van der Waals surface area contributed by atoms with Gasteiger partial charge >= 0.3 is 5.97 Å². The molecule has 1 aromatic carbocycles. The van der Waals surface area contributed by atoms with Crippen molar-refractivity contribution in [1.82, 2.24) is 0 Å². The van der Waals surface area contributed by atoms with Gasteiger partial charge in [0, 0.05) is 12.2 Å². The van der Waals surface area contributed by atoms with E-state index in [1.807, 2.05) is 18.7 Å². The van der Waals surface area contributed by atoms with Crippen molar-refractivity contribution in [2.24, 2.45) is 5.92 Å². The maximum Gasteiger partial charge on any atom is 0.326 e. The molecule has 0 aromatic heterocycles. The van der Waals surface area contributed by atoms with E-state index in [-0.39, 0.29) is 11.7 Å². The van der Waals surface area contributed by atoms with Gasteiger partial charge in [-0.1, -0.05) is 13.8 Å². The monoisotopic (exact) mass is 311 g/mol. The number of sulfone groups is 1. The van der Waals surface area contributed by atoms with Gasteiger partial charge in [0.05, 0.1) is 10.6 Å². The number of hydrogen-bond donors (Lipinski definition) is 1. The molecule has 0 saturated carbocycles. The zero-order valence-electron chi connectivity index (χ0n) is 12.3. The molecule has 1 aromatic rings. The first-order chi connectivity index (χ1) is 9.86. The molecule has 2 rings (SSSR count). The van der Waals surface area contributed by atoms with Gasteiger partial charge < -0.3 is 10.0 Å². The van der Waals surface area contributed by atoms with Crippen LogP contribution in [-0.2, 0) is 14.6 Å². The molecule has 1 saturated heterocycles. The van der Waals surface area contributed by atoms with E-state index in [1.165, 1.54) is 0 Å². The molecular formula is C15H21NO4S. The van der Waals surface area contributed by atoms with E-state index < -0.39 is 21.8 Å². The summed E-state index contributed by atoms with van der Waals surface area (Å²) in [5.41, 5.74) is 0.766. The molecule has 1 aliphatic rings. The summed E-state index contributed by atoms with van der Waals surface area (Å²) in [6.07, 6.45) is 1.40. The number of benzene rings is 1. The number of nitrogens with zero attached hydrogens (tertiary/aromatic N) is 1. The third-order valence-electron chi connectivity index (χ3n) is 3.95. The maximum atomic E-state index is 12.0. The first kappa shape index (κ1) is 15.8. The number of rotatable bonds is 5. The van der Waals surface area contributed by atoms with Crippen LogP contribution in [-0.4, -0.2) is 37.8 Å². The quantitative estimate of drug-likeness (QED) is 0.902. The molecular weight excluding hydrogens is 290 g/mol. The van der Waals surface area contributed by atoms with Crippen molar-refractivity contribution < 1.29 is 18.3 Å². The lowest BCUT2D eigenvalue weighted by atomic mass is 10.0. The Labute approximate surface area is 125 Å². The van der Waals surface area contributed by atoms with Crippen LogP contribution in [0.5, 0.6) is 0 Å². The smallest absolute Gasteiger partial charge is 0.326 e. The Morgan fingerprint density at radius 1 is 1.33 bits per heavy atom. The molecule has 0 amide bonds. The largest absolute Gasteiger partial charge is 0.480 e. The lowest BCUT2D eigenvalue weighted by molar-refractivity contribution is -0.139. The minimum atomic E-state index is -3.23. The van der Waals surface area contributed by atoms with Gasteiger partial charge in [-0.3, -0.25) is 0 Å². The summed E-state index contributed by atoms with van der Waals surface area (Å²) in [6.45, 7) is 4.44. The highest BCUT2D eigenvalue weighted by Gasteiger charge is 2.36. The maximum absolute atomic E-state index is 12.0. The molecule has 1 fully saturated rings. The molecule has 1 aliphatic heterocycles. The normalized spacial score (nSPS) is 22.5. The second-order valence-corrected chi connectivity index (χ2v) is 7.66. The summed E-state index contributed by atoms with van der Waals surface area (Å²) in [5.74, 6) is -0.612. The Morgan fingerprint density at radius 3 is 2.48 bits per heavy atom. The van der Waals surface area contributed by atoms with Crippen LogP contribution in [0.15, 0.2) is 29.2 Å². The Hall–Kier alpha value is -1.56. The highest BCUT2D eigenvalue weighted by molar-refractivity contribution is 7.91. The van der Waals surface area contributed by atoms with Gasteiger partial charge in [0.15, 0.2) is 9.84 Å². The minimum Gasteiger partial charge on any atom is -0.480 e. The van der Waals surface area contributed by atoms with Crippen molar-refractivity contribution in [3.8, 4) is 0 Å². The van der Waals surface area contributed by atoms with Gasteiger partial charge in [0.2, 0.25) is 0 Å². The molecule has 0 bridgehead atoms. The third kappa shape index (κ3) is 3.20. The standard InChI is InChI=1S/C15H21NO4S/c1-3-10-21(19,20)13-6-4-12(5-7-13)16-9-8-11(2)14(16)15(17)18/h4-7,11,14H,3,8-10H2,1-2H3,(H,17,18). The number of carboxylic acid groups (broad SMARTS) is 1. The molecule has 2 atom stereocenters. The first-order valence-electron chi connectivity index (χ1n) is 7.19. The van der Waals surface area contributed by atoms with Gasteiger partial charge in [0.1, 0.15) is 6.04 Å². The Balaban J connectivity index is 2.25. The summed E-state index contributed by atoms with van der Waals surface area (Å²) in [6, 6.07) is 6.01. The van der Waals surface area contributed by atoms with Gasteiger partial charge in [-0.15, -0.1) is 0 Å². The number of hydrogen-bond acceptors (Lipinski definition) is 4. The van der Waals surface area contributed by atoms with Crippen LogP contribution < -0.4 is 4.90 Å². The predicted molar refractivity (Wildman–Crippen MR) is 81.3 cm³/mol. The Bertz CT molecular complexity index is 609. The van der Waals surface area contributed by atoms with Crippen molar-refractivity contribution in [3.63, 3.8) is 0 Å². The average molecular weight is 311 g/mol. The minimum absolute atomic E-state index is 0.0889. The molecule has 0 radical (unpaired) electrons. The number of anilines is 1. The van der Waals surface area contributed by atoms with E-state index in [4.69, 9.17) is 0 Å². The lowest BCUT2D eigenvalue weighted by Gasteiger charge is -2.25. The molecule has 1 N–H and O–H groups in total. The van der Waals surface area contributed by atoms with Gasteiger partial charge in [-0.05, 0) is 43.0 Å².